The third-order valence-electron chi connectivity index (χ3n) is 2.87. The molecule has 20 heavy (non-hydrogen) atoms. The van der Waals surface area contributed by atoms with Crippen LogP contribution in [0.4, 0.5) is 17.1 Å². The van der Waals surface area contributed by atoms with E-state index in [9.17, 15) is 4.79 Å². The first kappa shape index (κ1) is 13.3. The van der Waals surface area contributed by atoms with Crippen LogP contribution < -0.4 is 21.1 Å². The van der Waals surface area contributed by atoms with Gasteiger partial charge in [0.25, 0.3) is 5.91 Å². The number of amides is 1. The smallest absolute Gasteiger partial charge is 0.262 e. The molecule has 0 saturated heterocycles. The molecule has 0 spiro atoms. The van der Waals surface area contributed by atoms with E-state index in [0.29, 0.717) is 23.7 Å². The zero-order valence-corrected chi connectivity index (χ0v) is 12.8. The molecule has 0 unspecified atom stereocenters. The van der Waals surface area contributed by atoms with Crippen molar-refractivity contribution in [3.05, 3.63) is 32.9 Å². The molecule has 2 aromatic rings. The fourth-order valence-corrected chi connectivity index (χ4v) is 3.35. The lowest BCUT2D eigenvalue weighted by atomic mass is 10.2. The number of hydrogen-bond donors (Lipinski definition) is 3. The molecule has 0 fully saturated rings. The Morgan fingerprint density at radius 2 is 2.30 bits per heavy atom. The van der Waals surface area contributed by atoms with E-state index >= 15 is 0 Å². The molecule has 5 nitrogen and oxygen atoms in total. The molecule has 1 amide bonds. The normalized spacial score (nSPS) is 13.3. The van der Waals surface area contributed by atoms with Crippen LogP contribution in [0.25, 0.3) is 0 Å². The topological polar surface area (TPSA) is 76.4 Å². The Hall–Kier alpha value is -1.73. The first-order valence-electron chi connectivity index (χ1n) is 5.96. The number of nitrogens with one attached hydrogen (secondary N) is 2. The number of rotatable bonds is 3. The van der Waals surface area contributed by atoms with Crippen molar-refractivity contribution in [1.82, 2.24) is 0 Å². The van der Waals surface area contributed by atoms with E-state index in [1.165, 1.54) is 4.88 Å². The van der Waals surface area contributed by atoms with Gasteiger partial charge in [-0.25, -0.2) is 0 Å². The molecular formula is C13H12BrN3O2S. The first-order valence-corrected chi connectivity index (χ1v) is 7.57. The van der Waals surface area contributed by atoms with Gasteiger partial charge in [0.05, 0.1) is 20.8 Å². The van der Waals surface area contributed by atoms with Crippen LogP contribution in [0.3, 0.4) is 0 Å². The summed E-state index contributed by atoms with van der Waals surface area (Å²) in [6.45, 7) is 0.705. The van der Waals surface area contributed by atoms with Crippen molar-refractivity contribution in [2.75, 3.05) is 23.0 Å². The second kappa shape index (κ2) is 5.34. The molecule has 1 aliphatic rings. The second-order valence-corrected chi connectivity index (χ2v) is 6.88. The number of nitrogens with two attached hydrogens (primary N) is 1. The summed E-state index contributed by atoms with van der Waals surface area (Å²) in [6.07, 6.45) is 0. The minimum absolute atomic E-state index is 0.0302. The highest BCUT2D eigenvalue weighted by molar-refractivity contribution is 9.11. The molecule has 0 atom stereocenters. The number of carbonyl (C=O) groups is 1. The lowest BCUT2D eigenvalue weighted by Crippen LogP contribution is -2.25. The Kier molecular flexibility index (Phi) is 3.54. The van der Waals surface area contributed by atoms with Gasteiger partial charge in [-0.2, -0.15) is 0 Å². The molecule has 4 N–H and O–H groups in total. The number of carbonyl (C=O) groups excluding carboxylic acids is 1. The highest BCUT2D eigenvalue weighted by atomic mass is 79.9. The van der Waals surface area contributed by atoms with Crippen molar-refractivity contribution in [2.45, 2.75) is 6.54 Å². The Labute approximate surface area is 128 Å². The quantitative estimate of drug-likeness (QED) is 0.741. The van der Waals surface area contributed by atoms with Crippen molar-refractivity contribution >= 4 is 50.2 Å². The third kappa shape index (κ3) is 2.73. The number of hydrogen-bond acceptors (Lipinski definition) is 5. The van der Waals surface area contributed by atoms with Gasteiger partial charge in [-0.3, -0.25) is 4.79 Å². The standard InChI is InChI=1S/C13H12BrN3O2S/c14-12-2-1-7(20-12)5-16-9-4-10-11(3-8(9)15)19-6-13(18)17-10/h1-4,16H,5-6,15H2,(H,17,18). The average Bonchev–Trinajstić information content (AvgIpc) is 2.83. The van der Waals surface area contributed by atoms with E-state index in [1.54, 1.807) is 23.5 Å². The average molecular weight is 354 g/mol. The number of halogens is 1. The third-order valence-corrected chi connectivity index (χ3v) is 4.49. The summed E-state index contributed by atoms with van der Waals surface area (Å²) in [5.41, 5.74) is 8.00. The zero-order chi connectivity index (χ0) is 14.1. The molecule has 0 bridgehead atoms. The second-order valence-electron chi connectivity index (χ2n) is 4.33. The molecule has 0 saturated carbocycles. The summed E-state index contributed by atoms with van der Waals surface area (Å²) in [4.78, 5) is 12.5. The number of ether oxygens (including phenoxy) is 1. The number of nitrogen functional groups attached to an aromatic ring is 1. The maximum atomic E-state index is 11.3. The van der Waals surface area contributed by atoms with Crippen LogP contribution in [0, 0.1) is 0 Å². The molecule has 0 aliphatic carbocycles. The summed E-state index contributed by atoms with van der Waals surface area (Å²) in [7, 11) is 0. The van der Waals surface area contributed by atoms with Gasteiger partial charge in [0.2, 0.25) is 0 Å². The number of fused-ring (bicyclic) bond motifs is 1. The summed E-state index contributed by atoms with van der Waals surface area (Å²) >= 11 is 5.09. The lowest BCUT2D eigenvalue weighted by molar-refractivity contribution is -0.118. The highest BCUT2D eigenvalue weighted by Gasteiger charge is 2.17. The zero-order valence-electron chi connectivity index (χ0n) is 10.4. The molecule has 0 radical (unpaired) electrons. The summed E-state index contributed by atoms with van der Waals surface area (Å²) in [6, 6.07) is 7.57. The van der Waals surface area contributed by atoms with E-state index in [2.05, 4.69) is 26.6 Å². The molecule has 3 rings (SSSR count). The van der Waals surface area contributed by atoms with Crippen LogP contribution in [0.15, 0.2) is 28.1 Å². The van der Waals surface area contributed by atoms with Gasteiger partial charge in [0, 0.05) is 17.5 Å². The minimum atomic E-state index is -0.157. The summed E-state index contributed by atoms with van der Waals surface area (Å²) in [5.74, 6) is 0.446. The highest BCUT2D eigenvalue weighted by Crippen LogP contribution is 2.35. The fraction of sp³-hybridized carbons (Fsp3) is 0.154. The van der Waals surface area contributed by atoms with E-state index < -0.39 is 0 Å². The Bertz CT molecular complexity index is 672. The maximum absolute atomic E-state index is 11.3. The van der Waals surface area contributed by atoms with Crippen LogP contribution >= 0.6 is 27.3 Å². The molecule has 2 heterocycles. The largest absolute Gasteiger partial charge is 0.482 e. The maximum Gasteiger partial charge on any atom is 0.262 e. The van der Waals surface area contributed by atoms with Crippen molar-refractivity contribution in [2.24, 2.45) is 0 Å². The number of anilines is 3. The van der Waals surface area contributed by atoms with Crippen molar-refractivity contribution in [3.8, 4) is 5.75 Å². The molecular weight excluding hydrogens is 342 g/mol. The number of thiophene rings is 1. The predicted octanol–water partition coefficient (Wildman–Crippen LogP) is 3.04. The minimum Gasteiger partial charge on any atom is -0.482 e. The first-order chi connectivity index (χ1) is 9.61. The van der Waals surface area contributed by atoms with Crippen molar-refractivity contribution < 1.29 is 9.53 Å². The van der Waals surface area contributed by atoms with Crippen LogP contribution in [0.1, 0.15) is 4.88 Å². The van der Waals surface area contributed by atoms with Gasteiger partial charge >= 0.3 is 0 Å². The molecule has 1 aliphatic heterocycles. The van der Waals surface area contributed by atoms with Crippen LogP contribution in [0.5, 0.6) is 5.75 Å². The predicted molar refractivity (Wildman–Crippen MR) is 84.3 cm³/mol. The van der Waals surface area contributed by atoms with Crippen LogP contribution in [-0.4, -0.2) is 12.5 Å². The van der Waals surface area contributed by atoms with Crippen LogP contribution in [-0.2, 0) is 11.3 Å². The van der Waals surface area contributed by atoms with Crippen molar-refractivity contribution in [3.63, 3.8) is 0 Å². The van der Waals surface area contributed by atoms with Gasteiger partial charge < -0.3 is 21.1 Å². The Balaban J connectivity index is 1.79. The van der Waals surface area contributed by atoms with E-state index in [1.807, 2.05) is 12.1 Å². The van der Waals surface area contributed by atoms with Gasteiger partial charge in [-0.15, -0.1) is 11.3 Å². The van der Waals surface area contributed by atoms with Gasteiger partial charge in [-0.05, 0) is 34.1 Å². The number of benzene rings is 1. The van der Waals surface area contributed by atoms with E-state index in [0.717, 1.165) is 9.47 Å². The Morgan fingerprint density at radius 3 is 3.05 bits per heavy atom. The molecule has 1 aromatic heterocycles. The molecule has 104 valence electrons. The van der Waals surface area contributed by atoms with Gasteiger partial charge in [-0.1, -0.05) is 0 Å². The SMILES string of the molecule is Nc1cc2c(cc1NCc1ccc(Br)s1)NC(=O)CO2. The van der Waals surface area contributed by atoms with E-state index in [-0.39, 0.29) is 12.5 Å². The summed E-state index contributed by atoms with van der Waals surface area (Å²) < 4.78 is 6.40. The molecule has 1 aromatic carbocycles. The monoisotopic (exact) mass is 353 g/mol. The fourth-order valence-electron chi connectivity index (χ4n) is 1.92. The van der Waals surface area contributed by atoms with Crippen LogP contribution in [0.2, 0.25) is 0 Å². The summed E-state index contributed by atoms with van der Waals surface area (Å²) in [5, 5.41) is 6.03. The van der Waals surface area contributed by atoms with Gasteiger partial charge in [0.15, 0.2) is 6.61 Å². The van der Waals surface area contributed by atoms with Crippen molar-refractivity contribution in [1.29, 1.82) is 0 Å². The van der Waals surface area contributed by atoms with E-state index in [4.69, 9.17) is 10.5 Å². The lowest BCUT2D eigenvalue weighted by Gasteiger charge is -2.20. The van der Waals surface area contributed by atoms with Gasteiger partial charge in [0.1, 0.15) is 5.75 Å². The molecule has 7 heteroatoms. The Morgan fingerprint density at radius 1 is 1.45 bits per heavy atom.